The van der Waals surface area contributed by atoms with Crippen LogP contribution in [0, 0.1) is 0 Å². The molecule has 1 aromatic rings. The van der Waals surface area contributed by atoms with Gasteiger partial charge in [0.1, 0.15) is 5.75 Å². The van der Waals surface area contributed by atoms with E-state index in [1.54, 1.807) is 19.2 Å². The second-order valence-electron chi connectivity index (χ2n) is 2.59. The Morgan fingerprint density at radius 3 is 2.20 bits per heavy atom. The molecule has 1 rings (SSSR count). The summed E-state index contributed by atoms with van der Waals surface area (Å²) < 4.78 is 11.1. The van der Waals surface area contributed by atoms with Gasteiger partial charge in [-0.3, -0.25) is 5.32 Å². The number of ether oxygens (including phenoxy) is 2. The third-order valence-electron chi connectivity index (χ3n) is 1.63. The largest absolute Gasteiger partial charge is 0.494 e. The minimum Gasteiger partial charge on any atom is -0.494 e. The summed E-state index contributed by atoms with van der Waals surface area (Å²) in [5.74, 6) is 0.672. The molecular weight excluding hydrogens is 330 g/mol. The minimum absolute atomic E-state index is 0.515. The summed E-state index contributed by atoms with van der Waals surface area (Å²) in [6, 6.07) is 3.45. The molecule has 0 aliphatic carbocycles. The van der Waals surface area contributed by atoms with Crippen molar-refractivity contribution in [1.29, 1.82) is 0 Å². The zero-order chi connectivity index (χ0) is 11.4. The van der Waals surface area contributed by atoms with Crippen LogP contribution in [0.3, 0.4) is 0 Å². The van der Waals surface area contributed by atoms with Crippen molar-refractivity contribution >= 4 is 43.6 Å². The van der Waals surface area contributed by atoms with Crippen molar-refractivity contribution in [3.8, 4) is 5.75 Å². The number of hydrogen-bond donors (Lipinski definition) is 1. The van der Waals surface area contributed by atoms with Crippen molar-refractivity contribution in [2.45, 2.75) is 0 Å². The maximum absolute atomic E-state index is 11.0. The van der Waals surface area contributed by atoms with E-state index >= 15 is 0 Å². The molecule has 0 heterocycles. The van der Waals surface area contributed by atoms with E-state index in [1.165, 1.54) is 7.11 Å². The Labute approximate surface area is 104 Å². The molecule has 0 spiro atoms. The Morgan fingerprint density at radius 1 is 1.27 bits per heavy atom. The summed E-state index contributed by atoms with van der Waals surface area (Å²) in [5.41, 5.74) is 0.612. The van der Waals surface area contributed by atoms with Crippen LogP contribution in [0.25, 0.3) is 0 Å². The second kappa shape index (κ2) is 5.37. The zero-order valence-electron chi connectivity index (χ0n) is 8.14. The number of carbonyl (C=O) groups is 1. The van der Waals surface area contributed by atoms with Gasteiger partial charge in [-0.15, -0.1) is 0 Å². The van der Waals surface area contributed by atoms with Crippen molar-refractivity contribution in [3.05, 3.63) is 21.1 Å². The predicted molar refractivity (Wildman–Crippen MR) is 64.4 cm³/mol. The first-order chi connectivity index (χ1) is 7.08. The molecule has 82 valence electrons. The maximum Gasteiger partial charge on any atom is 0.411 e. The lowest BCUT2D eigenvalue weighted by atomic mass is 10.3. The van der Waals surface area contributed by atoms with E-state index < -0.39 is 6.09 Å². The van der Waals surface area contributed by atoms with E-state index in [2.05, 4.69) is 41.9 Å². The Hall–Kier alpha value is -0.750. The highest BCUT2D eigenvalue weighted by molar-refractivity contribution is 9.11. The summed E-state index contributed by atoms with van der Waals surface area (Å²) in [6.07, 6.45) is -0.515. The quantitative estimate of drug-likeness (QED) is 0.899. The highest BCUT2D eigenvalue weighted by Gasteiger charge is 2.09. The number of benzene rings is 1. The second-order valence-corrected chi connectivity index (χ2v) is 4.30. The highest BCUT2D eigenvalue weighted by Crippen LogP contribution is 2.36. The molecule has 6 heteroatoms. The summed E-state index contributed by atoms with van der Waals surface area (Å²) in [7, 11) is 2.88. The van der Waals surface area contributed by atoms with Gasteiger partial charge in [0, 0.05) is 5.69 Å². The zero-order valence-corrected chi connectivity index (χ0v) is 11.3. The molecule has 1 N–H and O–H groups in total. The van der Waals surface area contributed by atoms with Crippen LogP contribution in [0.5, 0.6) is 5.75 Å². The maximum atomic E-state index is 11.0. The molecule has 0 atom stereocenters. The number of methoxy groups -OCH3 is 2. The number of amides is 1. The van der Waals surface area contributed by atoms with Crippen molar-refractivity contribution in [2.75, 3.05) is 19.5 Å². The molecule has 0 saturated heterocycles. The number of rotatable bonds is 2. The molecular formula is C9H9Br2NO3. The van der Waals surface area contributed by atoms with Gasteiger partial charge in [0.15, 0.2) is 0 Å². The number of carbonyl (C=O) groups excluding carboxylic acids is 1. The third-order valence-corrected chi connectivity index (χ3v) is 2.81. The third kappa shape index (κ3) is 3.10. The Kier molecular flexibility index (Phi) is 4.41. The van der Waals surface area contributed by atoms with Gasteiger partial charge in [-0.05, 0) is 44.0 Å². The van der Waals surface area contributed by atoms with Crippen LogP contribution in [-0.2, 0) is 4.74 Å². The van der Waals surface area contributed by atoms with Gasteiger partial charge in [0.25, 0.3) is 0 Å². The van der Waals surface area contributed by atoms with E-state index in [9.17, 15) is 4.79 Å². The number of anilines is 1. The smallest absolute Gasteiger partial charge is 0.411 e. The molecule has 0 fully saturated rings. The Balaban J connectivity index is 2.98. The van der Waals surface area contributed by atoms with E-state index in [0.717, 1.165) is 8.95 Å². The first kappa shape index (κ1) is 12.3. The van der Waals surface area contributed by atoms with Crippen LogP contribution >= 0.6 is 31.9 Å². The normalized spacial score (nSPS) is 9.60. The van der Waals surface area contributed by atoms with Gasteiger partial charge in [0.05, 0.1) is 23.2 Å². The lowest BCUT2D eigenvalue weighted by Crippen LogP contribution is -2.10. The van der Waals surface area contributed by atoms with Crippen molar-refractivity contribution < 1.29 is 14.3 Å². The fraction of sp³-hybridized carbons (Fsp3) is 0.222. The molecule has 1 aromatic carbocycles. The number of hydrogen-bond acceptors (Lipinski definition) is 3. The molecule has 0 saturated carbocycles. The van der Waals surface area contributed by atoms with E-state index in [-0.39, 0.29) is 0 Å². The molecule has 0 unspecified atom stereocenters. The number of nitrogens with one attached hydrogen (secondary N) is 1. The first-order valence-electron chi connectivity index (χ1n) is 3.96. The topological polar surface area (TPSA) is 47.6 Å². The molecule has 0 aliphatic heterocycles. The Morgan fingerprint density at radius 2 is 1.80 bits per heavy atom. The summed E-state index contributed by atoms with van der Waals surface area (Å²) >= 11 is 6.65. The standard InChI is InChI=1S/C9H9Br2NO3/c1-14-8-6(10)3-5(4-7(8)11)12-9(13)15-2/h3-4H,1-2H3,(H,12,13). The van der Waals surface area contributed by atoms with E-state index in [1.807, 2.05) is 0 Å². The van der Waals surface area contributed by atoms with E-state index in [0.29, 0.717) is 11.4 Å². The monoisotopic (exact) mass is 337 g/mol. The summed E-state index contributed by atoms with van der Waals surface area (Å²) in [6.45, 7) is 0. The van der Waals surface area contributed by atoms with Gasteiger partial charge >= 0.3 is 6.09 Å². The summed E-state index contributed by atoms with van der Waals surface area (Å²) in [5, 5.41) is 2.55. The van der Waals surface area contributed by atoms with Gasteiger partial charge in [-0.1, -0.05) is 0 Å². The van der Waals surface area contributed by atoms with Crippen LogP contribution in [-0.4, -0.2) is 20.3 Å². The molecule has 0 radical (unpaired) electrons. The predicted octanol–water partition coefficient (Wildman–Crippen LogP) is 3.40. The van der Waals surface area contributed by atoms with Crippen LogP contribution in [0.4, 0.5) is 10.5 Å². The lowest BCUT2D eigenvalue weighted by molar-refractivity contribution is 0.187. The van der Waals surface area contributed by atoms with Gasteiger partial charge in [-0.2, -0.15) is 0 Å². The highest BCUT2D eigenvalue weighted by atomic mass is 79.9. The molecule has 4 nitrogen and oxygen atoms in total. The fourth-order valence-corrected chi connectivity index (χ4v) is 2.51. The van der Waals surface area contributed by atoms with Gasteiger partial charge in [-0.25, -0.2) is 4.79 Å². The average molecular weight is 339 g/mol. The summed E-state index contributed by atoms with van der Waals surface area (Å²) in [4.78, 5) is 11.0. The fourth-order valence-electron chi connectivity index (χ4n) is 0.996. The molecule has 0 aliphatic rings. The molecule has 15 heavy (non-hydrogen) atoms. The van der Waals surface area contributed by atoms with Crippen LogP contribution in [0.15, 0.2) is 21.1 Å². The number of halogens is 2. The van der Waals surface area contributed by atoms with Crippen molar-refractivity contribution in [2.24, 2.45) is 0 Å². The van der Waals surface area contributed by atoms with Crippen LogP contribution < -0.4 is 10.1 Å². The average Bonchev–Trinajstić information content (AvgIpc) is 2.17. The van der Waals surface area contributed by atoms with Crippen LogP contribution in [0.1, 0.15) is 0 Å². The Bertz CT molecular complexity index is 359. The van der Waals surface area contributed by atoms with Crippen LogP contribution in [0.2, 0.25) is 0 Å². The van der Waals surface area contributed by atoms with Crippen molar-refractivity contribution in [3.63, 3.8) is 0 Å². The molecule has 0 aromatic heterocycles. The minimum atomic E-state index is -0.515. The van der Waals surface area contributed by atoms with Gasteiger partial charge in [0.2, 0.25) is 0 Å². The van der Waals surface area contributed by atoms with E-state index in [4.69, 9.17) is 4.74 Å². The first-order valence-corrected chi connectivity index (χ1v) is 5.55. The molecule has 0 bridgehead atoms. The van der Waals surface area contributed by atoms with Crippen molar-refractivity contribution in [1.82, 2.24) is 0 Å². The SMILES string of the molecule is COC(=O)Nc1cc(Br)c(OC)c(Br)c1. The lowest BCUT2D eigenvalue weighted by Gasteiger charge is -2.09. The van der Waals surface area contributed by atoms with Gasteiger partial charge < -0.3 is 9.47 Å². The molecule has 1 amide bonds.